The summed E-state index contributed by atoms with van der Waals surface area (Å²) in [5.74, 6) is 0.108. The number of nitrogens with one attached hydrogen (secondary N) is 1. The summed E-state index contributed by atoms with van der Waals surface area (Å²) in [4.78, 5) is 32.5. The van der Waals surface area contributed by atoms with Gasteiger partial charge in [-0.3, -0.25) is 4.79 Å². The number of hydrogen-bond donors (Lipinski definition) is 1. The van der Waals surface area contributed by atoms with E-state index in [2.05, 4.69) is 10.3 Å². The molecular formula is C26H27N3O4S. The summed E-state index contributed by atoms with van der Waals surface area (Å²) in [5, 5.41) is 5.61. The zero-order valence-electron chi connectivity index (χ0n) is 19.4. The minimum absolute atomic E-state index is 0.111. The molecule has 4 rings (SSSR count). The van der Waals surface area contributed by atoms with Gasteiger partial charge in [0.25, 0.3) is 0 Å². The number of nitrogens with zero attached hydrogens (tertiary/aromatic N) is 2. The third kappa shape index (κ3) is 4.87. The average molecular weight is 478 g/mol. The van der Waals surface area contributed by atoms with E-state index in [1.807, 2.05) is 71.8 Å². The van der Waals surface area contributed by atoms with Crippen LogP contribution < -0.4 is 10.1 Å². The largest absolute Gasteiger partial charge is 0.496 e. The van der Waals surface area contributed by atoms with E-state index in [4.69, 9.17) is 9.47 Å². The van der Waals surface area contributed by atoms with Crippen LogP contribution in [0.15, 0.2) is 82.0 Å². The Balaban J connectivity index is 1.64. The molecule has 0 saturated heterocycles. The van der Waals surface area contributed by atoms with E-state index in [1.54, 1.807) is 14.0 Å². The standard InChI is InChI=1S/C26H27N3O4S/c1-4-33-25(31)23-17(2)28-26-29(24(23)20-12-8-9-13-21(20)32-3)19(16-34-26)14-22(30)27-15-18-10-6-5-7-11-18/h5-13,16,24H,4,14-15H2,1-3H3,(H,27,30)/t24-/m1/s1. The summed E-state index contributed by atoms with van der Waals surface area (Å²) in [5.41, 5.74) is 3.63. The summed E-state index contributed by atoms with van der Waals surface area (Å²) in [7, 11) is 1.60. The molecule has 8 heteroatoms. The number of methoxy groups -OCH3 is 1. The number of carbonyl (C=O) groups excluding carboxylic acids is 2. The molecule has 0 radical (unpaired) electrons. The van der Waals surface area contributed by atoms with Crippen molar-refractivity contribution in [1.82, 2.24) is 10.2 Å². The van der Waals surface area contributed by atoms with E-state index in [0.717, 1.165) is 16.8 Å². The molecule has 0 aromatic heterocycles. The molecule has 0 saturated carbocycles. The number of fused-ring (bicyclic) bond motifs is 1. The minimum Gasteiger partial charge on any atom is -0.496 e. The third-order valence-corrected chi connectivity index (χ3v) is 6.49. The quantitative estimate of drug-likeness (QED) is 0.563. The topological polar surface area (TPSA) is 80.2 Å². The number of amides is 1. The normalized spacial score (nSPS) is 17.0. The molecule has 2 aliphatic heterocycles. The highest BCUT2D eigenvalue weighted by atomic mass is 32.2. The molecule has 0 aliphatic carbocycles. The Labute approximate surface area is 203 Å². The van der Waals surface area contributed by atoms with E-state index in [0.29, 0.717) is 28.7 Å². The van der Waals surface area contributed by atoms with Crippen molar-refractivity contribution in [2.45, 2.75) is 32.9 Å². The van der Waals surface area contributed by atoms with Crippen molar-refractivity contribution in [3.8, 4) is 5.75 Å². The predicted molar refractivity (Wildman–Crippen MR) is 133 cm³/mol. The van der Waals surface area contributed by atoms with Gasteiger partial charge < -0.3 is 19.7 Å². The second kappa shape index (κ2) is 10.6. The van der Waals surface area contributed by atoms with E-state index >= 15 is 0 Å². The van der Waals surface area contributed by atoms with Crippen LogP contribution in [0, 0.1) is 0 Å². The summed E-state index contributed by atoms with van der Waals surface area (Å²) >= 11 is 1.44. The van der Waals surface area contributed by atoms with Gasteiger partial charge in [-0.25, -0.2) is 9.79 Å². The van der Waals surface area contributed by atoms with Crippen molar-refractivity contribution < 1.29 is 19.1 Å². The highest BCUT2D eigenvalue weighted by Crippen LogP contribution is 2.46. The first-order valence-corrected chi connectivity index (χ1v) is 12.0. The van der Waals surface area contributed by atoms with Crippen molar-refractivity contribution in [3.63, 3.8) is 0 Å². The van der Waals surface area contributed by atoms with Crippen LogP contribution in [0.3, 0.4) is 0 Å². The highest BCUT2D eigenvalue weighted by molar-refractivity contribution is 8.16. The third-order valence-electron chi connectivity index (χ3n) is 5.60. The maximum Gasteiger partial charge on any atom is 0.338 e. The molecule has 1 atom stereocenters. The number of allylic oxidation sites excluding steroid dienone is 1. The Hall–Kier alpha value is -3.52. The van der Waals surface area contributed by atoms with Crippen LogP contribution in [0.25, 0.3) is 0 Å². The molecule has 34 heavy (non-hydrogen) atoms. The van der Waals surface area contributed by atoms with Gasteiger partial charge in [-0.1, -0.05) is 60.3 Å². The first-order valence-electron chi connectivity index (χ1n) is 11.1. The van der Waals surface area contributed by atoms with E-state index in [-0.39, 0.29) is 18.9 Å². The Bertz CT molecular complexity index is 1170. The van der Waals surface area contributed by atoms with Crippen molar-refractivity contribution >= 4 is 28.8 Å². The fourth-order valence-corrected chi connectivity index (χ4v) is 5.01. The van der Waals surface area contributed by atoms with E-state index in [1.165, 1.54) is 11.8 Å². The lowest BCUT2D eigenvalue weighted by Gasteiger charge is -2.36. The number of ether oxygens (including phenoxy) is 2. The van der Waals surface area contributed by atoms with Gasteiger partial charge in [-0.2, -0.15) is 0 Å². The number of amidine groups is 1. The predicted octanol–water partition coefficient (Wildman–Crippen LogP) is 4.54. The Kier molecular flexibility index (Phi) is 7.37. The summed E-state index contributed by atoms with van der Waals surface area (Å²) in [6.07, 6.45) is 0.152. The number of thioether (sulfide) groups is 1. The molecule has 2 aliphatic rings. The number of para-hydroxylation sites is 1. The lowest BCUT2D eigenvalue weighted by molar-refractivity contribution is -0.139. The SMILES string of the molecule is CCOC(=O)C1=C(C)N=C2SC=C(CC(=O)NCc3ccccc3)N2[C@@H]1c1ccccc1OC. The van der Waals surface area contributed by atoms with Gasteiger partial charge in [0.15, 0.2) is 5.17 Å². The van der Waals surface area contributed by atoms with Crippen molar-refractivity contribution in [1.29, 1.82) is 0 Å². The molecule has 0 spiro atoms. The summed E-state index contributed by atoms with van der Waals surface area (Å²) < 4.78 is 11.0. The average Bonchev–Trinajstić information content (AvgIpc) is 3.24. The molecule has 2 aromatic carbocycles. The molecule has 176 valence electrons. The van der Waals surface area contributed by atoms with Crippen LogP contribution in [0.1, 0.15) is 37.4 Å². The van der Waals surface area contributed by atoms with Gasteiger partial charge in [0.2, 0.25) is 5.91 Å². The molecule has 7 nitrogen and oxygen atoms in total. The smallest absolute Gasteiger partial charge is 0.338 e. The van der Waals surface area contributed by atoms with Crippen LogP contribution in [0.2, 0.25) is 0 Å². The van der Waals surface area contributed by atoms with Gasteiger partial charge >= 0.3 is 5.97 Å². The van der Waals surface area contributed by atoms with Gasteiger partial charge in [-0.15, -0.1) is 0 Å². The Morgan fingerprint density at radius 3 is 2.59 bits per heavy atom. The molecule has 2 aromatic rings. The fraction of sp³-hybridized carbons (Fsp3) is 0.269. The van der Waals surface area contributed by atoms with Gasteiger partial charge in [0.05, 0.1) is 37.4 Å². The lowest BCUT2D eigenvalue weighted by Crippen LogP contribution is -2.38. The maximum atomic E-state index is 13.0. The zero-order chi connectivity index (χ0) is 24.1. The summed E-state index contributed by atoms with van der Waals surface area (Å²) in [6.45, 7) is 4.29. The molecule has 1 amide bonds. The van der Waals surface area contributed by atoms with Crippen molar-refractivity contribution in [3.05, 3.63) is 88.1 Å². The first kappa shape index (κ1) is 23.6. The molecular weight excluding hydrogens is 450 g/mol. The minimum atomic E-state index is -0.522. The van der Waals surface area contributed by atoms with Crippen molar-refractivity contribution in [2.75, 3.05) is 13.7 Å². The number of esters is 1. The van der Waals surface area contributed by atoms with Crippen LogP contribution in [-0.2, 0) is 20.9 Å². The number of carbonyl (C=O) groups is 2. The lowest BCUT2D eigenvalue weighted by atomic mass is 9.93. The second-order valence-corrected chi connectivity index (χ2v) is 8.63. The van der Waals surface area contributed by atoms with Crippen LogP contribution in [0.5, 0.6) is 5.75 Å². The first-order chi connectivity index (χ1) is 16.5. The molecule has 0 bridgehead atoms. The molecule has 2 heterocycles. The highest BCUT2D eigenvalue weighted by Gasteiger charge is 2.42. The van der Waals surface area contributed by atoms with Crippen LogP contribution in [0.4, 0.5) is 0 Å². The van der Waals surface area contributed by atoms with Gasteiger partial charge in [0, 0.05) is 17.8 Å². The zero-order valence-corrected chi connectivity index (χ0v) is 20.2. The molecule has 0 unspecified atom stereocenters. The maximum absolute atomic E-state index is 13.0. The number of benzene rings is 2. The van der Waals surface area contributed by atoms with Crippen LogP contribution in [-0.4, -0.2) is 35.7 Å². The Morgan fingerprint density at radius 1 is 1.12 bits per heavy atom. The van der Waals surface area contributed by atoms with E-state index < -0.39 is 12.0 Å². The number of rotatable bonds is 8. The Morgan fingerprint density at radius 2 is 1.85 bits per heavy atom. The van der Waals surface area contributed by atoms with Crippen molar-refractivity contribution in [2.24, 2.45) is 4.99 Å². The van der Waals surface area contributed by atoms with Gasteiger partial charge in [-0.05, 0) is 30.9 Å². The monoisotopic (exact) mass is 477 g/mol. The number of hydrogen-bond acceptors (Lipinski definition) is 7. The van der Waals surface area contributed by atoms with Crippen LogP contribution >= 0.6 is 11.8 Å². The van der Waals surface area contributed by atoms with Gasteiger partial charge in [0.1, 0.15) is 5.75 Å². The fourth-order valence-electron chi connectivity index (χ4n) is 4.05. The number of aliphatic imine (C=N–C) groups is 1. The molecule has 1 N–H and O–H groups in total. The second-order valence-electron chi connectivity index (χ2n) is 7.79. The molecule has 0 fully saturated rings. The van der Waals surface area contributed by atoms with E-state index in [9.17, 15) is 9.59 Å². The summed E-state index contributed by atoms with van der Waals surface area (Å²) in [6, 6.07) is 16.8.